The fourth-order valence-electron chi connectivity index (χ4n) is 2.38. The number of morpholine rings is 1. The fourth-order valence-corrected chi connectivity index (χ4v) is 4.48. The standard InChI is InChI=1S/C14H19Cl2NO3S/c1-14(2)10-17(5-7-20-14)6-8-21(18,19)13-9-11(15)3-4-12(13)16/h3-4,9H,5-8,10H2,1-2H3. The van der Waals surface area contributed by atoms with Gasteiger partial charge in [0.05, 0.1) is 27.9 Å². The monoisotopic (exact) mass is 351 g/mol. The number of hydrogen-bond donors (Lipinski definition) is 0. The third-order valence-electron chi connectivity index (χ3n) is 3.41. The minimum absolute atomic E-state index is 0.0170. The first-order valence-electron chi connectivity index (χ1n) is 6.74. The van der Waals surface area contributed by atoms with E-state index in [0.717, 1.165) is 6.54 Å². The number of sulfone groups is 1. The van der Waals surface area contributed by atoms with E-state index in [0.29, 0.717) is 24.7 Å². The van der Waals surface area contributed by atoms with Crippen LogP contribution in [0.15, 0.2) is 23.1 Å². The number of benzene rings is 1. The van der Waals surface area contributed by atoms with Crippen LogP contribution in [0.2, 0.25) is 10.0 Å². The molecular formula is C14H19Cl2NO3S. The molecule has 0 bridgehead atoms. The minimum atomic E-state index is -3.45. The molecule has 0 N–H and O–H groups in total. The summed E-state index contributed by atoms with van der Waals surface area (Å²) in [5.74, 6) is 0.0170. The smallest absolute Gasteiger partial charge is 0.181 e. The summed E-state index contributed by atoms with van der Waals surface area (Å²) in [4.78, 5) is 2.20. The molecule has 0 spiro atoms. The number of ether oxygens (including phenoxy) is 1. The van der Waals surface area contributed by atoms with E-state index in [1.807, 2.05) is 13.8 Å². The fraction of sp³-hybridized carbons (Fsp3) is 0.571. The summed E-state index contributed by atoms with van der Waals surface area (Å²) in [5.41, 5.74) is -0.240. The highest BCUT2D eigenvalue weighted by molar-refractivity contribution is 7.91. The lowest BCUT2D eigenvalue weighted by molar-refractivity contribution is -0.0843. The molecule has 21 heavy (non-hydrogen) atoms. The van der Waals surface area contributed by atoms with E-state index in [2.05, 4.69) is 4.90 Å². The second kappa shape index (κ2) is 6.42. The Morgan fingerprint density at radius 1 is 1.33 bits per heavy atom. The summed E-state index contributed by atoms with van der Waals surface area (Å²) in [7, 11) is -3.45. The van der Waals surface area contributed by atoms with Crippen LogP contribution >= 0.6 is 23.2 Å². The van der Waals surface area contributed by atoms with Crippen LogP contribution < -0.4 is 0 Å². The molecule has 1 aliphatic rings. The van der Waals surface area contributed by atoms with Gasteiger partial charge in [0, 0.05) is 24.7 Å². The number of rotatable bonds is 4. The first-order valence-corrected chi connectivity index (χ1v) is 9.15. The molecule has 0 aromatic heterocycles. The normalized spacial score (nSPS) is 19.6. The predicted molar refractivity (Wildman–Crippen MR) is 85.0 cm³/mol. The second-order valence-electron chi connectivity index (χ2n) is 5.78. The SMILES string of the molecule is CC1(C)CN(CCS(=O)(=O)c2cc(Cl)ccc2Cl)CCO1. The molecule has 2 rings (SSSR count). The summed E-state index contributed by atoms with van der Waals surface area (Å²) in [6.45, 7) is 6.53. The molecule has 118 valence electrons. The molecule has 1 saturated heterocycles. The maximum absolute atomic E-state index is 12.4. The van der Waals surface area contributed by atoms with E-state index in [4.69, 9.17) is 27.9 Å². The van der Waals surface area contributed by atoms with Crippen LogP contribution in [0.1, 0.15) is 13.8 Å². The van der Waals surface area contributed by atoms with Crippen molar-refractivity contribution in [3.8, 4) is 0 Å². The van der Waals surface area contributed by atoms with Gasteiger partial charge in [-0.3, -0.25) is 4.90 Å². The summed E-state index contributed by atoms with van der Waals surface area (Å²) in [6, 6.07) is 4.49. The van der Waals surface area contributed by atoms with Crippen molar-refractivity contribution in [1.82, 2.24) is 4.90 Å². The van der Waals surface area contributed by atoms with Gasteiger partial charge in [-0.2, -0.15) is 0 Å². The van der Waals surface area contributed by atoms with E-state index in [1.54, 1.807) is 6.07 Å². The molecule has 0 saturated carbocycles. The Bertz CT molecular complexity index is 617. The van der Waals surface area contributed by atoms with Crippen LogP contribution in [0.4, 0.5) is 0 Å². The molecule has 0 aliphatic carbocycles. The quantitative estimate of drug-likeness (QED) is 0.836. The Morgan fingerprint density at radius 2 is 2.05 bits per heavy atom. The van der Waals surface area contributed by atoms with Crippen molar-refractivity contribution in [3.05, 3.63) is 28.2 Å². The highest BCUT2D eigenvalue weighted by Gasteiger charge is 2.28. The lowest BCUT2D eigenvalue weighted by Crippen LogP contribution is -2.49. The van der Waals surface area contributed by atoms with Gasteiger partial charge < -0.3 is 4.74 Å². The zero-order valence-corrected chi connectivity index (χ0v) is 14.4. The van der Waals surface area contributed by atoms with E-state index in [-0.39, 0.29) is 21.3 Å². The van der Waals surface area contributed by atoms with Gasteiger partial charge in [-0.15, -0.1) is 0 Å². The molecule has 0 unspecified atom stereocenters. The summed E-state index contributed by atoms with van der Waals surface area (Å²) < 4.78 is 30.4. The lowest BCUT2D eigenvalue weighted by Gasteiger charge is -2.38. The van der Waals surface area contributed by atoms with Gasteiger partial charge in [-0.25, -0.2) is 8.42 Å². The topological polar surface area (TPSA) is 46.6 Å². The van der Waals surface area contributed by atoms with E-state index in [1.165, 1.54) is 12.1 Å². The highest BCUT2D eigenvalue weighted by Crippen LogP contribution is 2.26. The molecule has 0 atom stereocenters. The Labute approximate surface area is 135 Å². The average Bonchev–Trinajstić information content (AvgIpc) is 2.38. The minimum Gasteiger partial charge on any atom is -0.373 e. The van der Waals surface area contributed by atoms with Gasteiger partial charge in [0.25, 0.3) is 0 Å². The maximum Gasteiger partial charge on any atom is 0.181 e. The number of hydrogen-bond acceptors (Lipinski definition) is 4. The van der Waals surface area contributed by atoms with Crippen molar-refractivity contribution < 1.29 is 13.2 Å². The van der Waals surface area contributed by atoms with Crippen LogP contribution in [-0.2, 0) is 14.6 Å². The van der Waals surface area contributed by atoms with Gasteiger partial charge in [-0.1, -0.05) is 23.2 Å². The zero-order valence-electron chi connectivity index (χ0n) is 12.1. The van der Waals surface area contributed by atoms with Gasteiger partial charge in [0.1, 0.15) is 0 Å². The van der Waals surface area contributed by atoms with Gasteiger partial charge in [-0.05, 0) is 32.0 Å². The molecule has 0 radical (unpaired) electrons. The van der Waals surface area contributed by atoms with Gasteiger partial charge in [0.15, 0.2) is 9.84 Å². The van der Waals surface area contributed by atoms with Crippen molar-refractivity contribution >= 4 is 33.0 Å². The van der Waals surface area contributed by atoms with Crippen LogP contribution in [0.25, 0.3) is 0 Å². The van der Waals surface area contributed by atoms with E-state index < -0.39 is 9.84 Å². The highest BCUT2D eigenvalue weighted by atomic mass is 35.5. The van der Waals surface area contributed by atoms with Crippen LogP contribution in [0, 0.1) is 0 Å². The first-order chi connectivity index (χ1) is 9.70. The van der Waals surface area contributed by atoms with Gasteiger partial charge >= 0.3 is 0 Å². The van der Waals surface area contributed by atoms with Crippen molar-refractivity contribution in [2.75, 3.05) is 32.0 Å². The Hall–Kier alpha value is -0.330. The average molecular weight is 352 g/mol. The zero-order chi connectivity index (χ0) is 15.7. The Morgan fingerprint density at radius 3 is 2.71 bits per heavy atom. The molecule has 4 nitrogen and oxygen atoms in total. The van der Waals surface area contributed by atoms with Crippen molar-refractivity contribution in [3.63, 3.8) is 0 Å². The summed E-state index contributed by atoms with van der Waals surface area (Å²) >= 11 is 11.8. The van der Waals surface area contributed by atoms with Gasteiger partial charge in [0.2, 0.25) is 0 Å². The van der Waals surface area contributed by atoms with Crippen molar-refractivity contribution in [1.29, 1.82) is 0 Å². The van der Waals surface area contributed by atoms with E-state index >= 15 is 0 Å². The molecule has 7 heteroatoms. The molecule has 0 amide bonds. The second-order valence-corrected chi connectivity index (χ2v) is 8.70. The lowest BCUT2D eigenvalue weighted by atomic mass is 10.1. The number of nitrogens with zero attached hydrogens (tertiary/aromatic N) is 1. The van der Waals surface area contributed by atoms with Crippen LogP contribution in [0.5, 0.6) is 0 Å². The predicted octanol–water partition coefficient (Wildman–Crippen LogP) is 2.88. The van der Waals surface area contributed by atoms with E-state index in [9.17, 15) is 8.42 Å². The molecular weight excluding hydrogens is 333 g/mol. The Balaban J connectivity index is 2.06. The van der Waals surface area contributed by atoms with Crippen LogP contribution in [-0.4, -0.2) is 50.9 Å². The summed E-state index contributed by atoms with van der Waals surface area (Å²) in [6.07, 6.45) is 0. The summed E-state index contributed by atoms with van der Waals surface area (Å²) in [5, 5.41) is 0.576. The molecule has 1 heterocycles. The molecule has 1 aromatic rings. The van der Waals surface area contributed by atoms with Crippen molar-refractivity contribution in [2.24, 2.45) is 0 Å². The largest absolute Gasteiger partial charge is 0.373 e. The molecule has 1 fully saturated rings. The number of halogens is 2. The Kier molecular flexibility index (Phi) is 5.21. The third-order valence-corrected chi connectivity index (χ3v) is 5.81. The van der Waals surface area contributed by atoms with Crippen LogP contribution in [0.3, 0.4) is 0 Å². The van der Waals surface area contributed by atoms with Crippen molar-refractivity contribution in [2.45, 2.75) is 24.3 Å². The third kappa shape index (κ3) is 4.57. The molecule has 1 aliphatic heterocycles. The maximum atomic E-state index is 12.4. The molecule has 1 aromatic carbocycles. The first kappa shape index (κ1) is 17.0.